The van der Waals surface area contributed by atoms with Gasteiger partial charge in [0, 0.05) is 33.7 Å². The van der Waals surface area contributed by atoms with Gasteiger partial charge in [-0.25, -0.2) is 9.18 Å². The first-order valence-corrected chi connectivity index (χ1v) is 5.91. The monoisotopic (exact) mass is 253 g/mol. The van der Waals surface area contributed by atoms with Gasteiger partial charge < -0.3 is 15.5 Å². The van der Waals surface area contributed by atoms with Crippen LogP contribution in [0.3, 0.4) is 0 Å². The summed E-state index contributed by atoms with van der Waals surface area (Å²) in [5.41, 5.74) is 2.00. The van der Waals surface area contributed by atoms with Gasteiger partial charge in [-0.1, -0.05) is 6.07 Å². The lowest BCUT2D eigenvalue weighted by atomic mass is 10.1. The summed E-state index contributed by atoms with van der Waals surface area (Å²) >= 11 is 0. The van der Waals surface area contributed by atoms with Gasteiger partial charge in [-0.05, 0) is 30.2 Å². The highest BCUT2D eigenvalue weighted by Crippen LogP contribution is 2.09. The average Bonchev–Trinajstić information content (AvgIpc) is 2.30. The summed E-state index contributed by atoms with van der Waals surface area (Å²) in [6, 6.07) is 4.65. The first-order chi connectivity index (χ1) is 8.50. The summed E-state index contributed by atoms with van der Waals surface area (Å²) in [5, 5.41) is 5.96. The van der Waals surface area contributed by atoms with Crippen LogP contribution in [0.4, 0.5) is 9.18 Å². The van der Waals surface area contributed by atoms with Crippen molar-refractivity contribution in [2.24, 2.45) is 0 Å². The zero-order valence-corrected chi connectivity index (χ0v) is 11.1. The van der Waals surface area contributed by atoms with Gasteiger partial charge in [0.15, 0.2) is 0 Å². The van der Waals surface area contributed by atoms with Gasteiger partial charge in [-0.15, -0.1) is 0 Å². The van der Waals surface area contributed by atoms with E-state index in [0.717, 1.165) is 11.1 Å². The quantitative estimate of drug-likeness (QED) is 0.781. The molecule has 0 heterocycles. The number of nitrogens with zero attached hydrogens (tertiary/aromatic N) is 1. The van der Waals surface area contributed by atoms with Gasteiger partial charge in [0.25, 0.3) is 0 Å². The molecule has 1 rings (SSSR count). The fraction of sp³-hybridized carbons (Fsp3) is 0.462. The number of halogens is 1. The van der Waals surface area contributed by atoms with E-state index in [-0.39, 0.29) is 11.8 Å². The summed E-state index contributed by atoms with van der Waals surface area (Å²) in [7, 11) is 3.40. The summed E-state index contributed by atoms with van der Waals surface area (Å²) in [6.45, 7) is 3.80. The molecule has 0 saturated carbocycles. The molecule has 0 radical (unpaired) electrons. The summed E-state index contributed by atoms with van der Waals surface area (Å²) in [6.07, 6.45) is 0. The van der Waals surface area contributed by atoms with Gasteiger partial charge in [-0.2, -0.15) is 0 Å². The van der Waals surface area contributed by atoms with Crippen molar-refractivity contribution in [1.82, 2.24) is 15.5 Å². The van der Waals surface area contributed by atoms with E-state index >= 15 is 0 Å². The molecule has 1 aromatic rings. The van der Waals surface area contributed by atoms with E-state index in [9.17, 15) is 9.18 Å². The molecule has 0 aliphatic carbocycles. The maximum atomic E-state index is 12.9. The van der Waals surface area contributed by atoms with Gasteiger partial charge >= 0.3 is 6.03 Å². The molecule has 100 valence electrons. The second-order valence-electron chi connectivity index (χ2n) is 4.37. The number of benzene rings is 1. The maximum absolute atomic E-state index is 12.9. The Morgan fingerprint density at radius 1 is 1.33 bits per heavy atom. The van der Waals surface area contributed by atoms with Crippen LogP contribution >= 0.6 is 0 Å². The molecule has 0 unspecified atom stereocenters. The first kappa shape index (κ1) is 14.4. The van der Waals surface area contributed by atoms with Crippen molar-refractivity contribution >= 4 is 6.03 Å². The molecule has 5 heteroatoms. The minimum atomic E-state index is -0.213. The van der Waals surface area contributed by atoms with Crippen LogP contribution in [0.1, 0.15) is 11.1 Å². The molecular formula is C13H20FN3O. The number of aryl methyl sites for hydroxylation is 1. The molecule has 1 aromatic carbocycles. The van der Waals surface area contributed by atoms with E-state index in [1.165, 1.54) is 17.0 Å². The molecular weight excluding hydrogens is 233 g/mol. The number of hydrogen-bond donors (Lipinski definition) is 2. The summed E-state index contributed by atoms with van der Waals surface area (Å²) < 4.78 is 12.9. The lowest BCUT2D eigenvalue weighted by Gasteiger charge is -2.12. The van der Waals surface area contributed by atoms with Crippen molar-refractivity contribution in [3.8, 4) is 0 Å². The molecule has 0 aliphatic rings. The Hall–Kier alpha value is -1.62. The smallest absolute Gasteiger partial charge is 0.316 e. The molecule has 2 amide bonds. The maximum Gasteiger partial charge on any atom is 0.316 e. The number of urea groups is 1. The Bertz CT molecular complexity index is 407. The van der Waals surface area contributed by atoms with Crippen LogP contribution in [-0.4, -0.2) is 38.1 Å². The fourth-order valence-electron chi connectivity index (χ4n) is 1.50. The first-order valence-electron chi connectivity index (χ1n) is 5.91. The van der Waals surface area contributed by atoms with Crippen LogP contribution in [0.5, 0.6) is 0 Å². The molecule has 0 bridgehead atoms. The lowest BCUT2D eigenvalue weighted by molar-refractivity contribution is 0.217. The van der Waals surface area contributed by atoms with Gasteiger partial charge in [-0.3, -0.25) is 0 Å². The normalized spacial score (nSPS) is 10.2. The zero-order chi connectivity index (χ0) is 13.5. The molecule has 0 aliphatic heterocycles. The minimum Gasteiger partial charge on any atom is -0.337 e. The van der Waals surface area contributed by atoms with Crippen molar-refractivity contribution in [3.63, 3.8) is 0 Å². The van der Waals surface area contributed by atoms with Crippen LogP contribution in [0, 0.1) is 12.7 Å². The highest BCUT2D eigenvalue weighted by Gasteiger charge is 2.02. The average molecular weight is 253 g/mol. The van der Waals surface area contributed by atoms with E-state index in [1.54, 1.807) is 20.2 Å². The van der Waals surface area contributed by atoms with Crippen molar-refractivity contribution in [2.75, 3.05) is 27.2 Å². The van der Waals surface area contributed by atoms with E-state index in [4.69, 9.17) is 0 Å². The Morgan fingerprint density at radius 3 is 2.67 bits per heavy atom. The SMILES string of the molecule is Cc1cc(F)ccc1CNCCNC(=O)N(C)C. The second kappa shape index (κ2) is 6.96. The Labute approximate surface area is 107 Å². The fourth-order valence-corrected chi connectivity index (χ4v) is 1.50. The molecule has 0 spiro atoms. The van der Waals surface area contributed by atoms with Crippen molar-refractivity contribution in [3.05, 3.63) is 35.1 Å². The largest absolute Gasteiger partial charge is 0.337 e. The van der Waals surface area contributed by atoms with Crippen LogP contribution in [0.15, 0.2) is 18.2 Å². The third-order valence-corrected chi connectivity index (χ3v) is 2.60. The number of nitrogens with one attached hydrogen (secondary N) is 2. The lowest BCUT2D eigenvalue weighted by Crippen LogP contribution is -2.38. The molecule has 0 atom stereocenters. The summed E-state index contributed by atoms with van der Waals surface area (Å²) in [4.78, 5) is 12.7. The molecule has 0 aromatic heterocycles. The van der Waals surface area contributed by atoms with E-state index in [0.29, 0.717) is 19.6 Å². The van der Waals surface area contributed by atoms with E-state index < -0.39 is 0 Å². The number of rotatable bonds is 5. The molecule has 2 N–H and O–H groups in total. The van der Waals surface area contributed by atoms with Crippen molar-refractivity contribution in [1.29, 1.82) is 0 Å². The van der Waals surface area contributed by atoms with E-state index in [2.05, 4.69) is 10.6 Å². The number of amides is 2. The van der Waals surface area contributed by atoms with E-state index in [1.807, 2.05) is 6.92 Å². The van der Waals surface area contributed by atoms with Crippen LogP contribution in [-0.2, 0) is 6.54 Å². The van der Waals surface area contributed by atoms with Gasteiger partial charge in [0.1, 0.15) is 5.82 Å². The Kier molecular flexibility index (Phi) is 5.58. The zero-order valence-electron chi connectivity index (χ0n) is 11.1. The number of carbonyl (C=O) groups excluding carboxylic acids is 1. The highest BCUT2D eigenvalue weighted by atomic mass is 19.1. The third-order valence-electron chi connectivity index (χ3n) is 2.60. The Balaban J connectivity index is 2.24. The summed E-state index contributed by atoms with van der Waals surface area (Å²) in [5.74, 6) is -0.213. The van der Waals surface area contributed by atoms with Crippen molar-refractivity contribution in [2.45, 2.75) is 13.5 Å². The predicted octanol–water partition coefficient (Wildman–Crippen LogP) is 1.49. The number of carbonyl (C=O) groups is 1. The highest BCUT2D eigenvalue weighted by molar-refractivity contribution is 5.73. The van der Waals surface area contributed by atoms with Crippen LogP contribution in [0.25, 0.3) is 0 Å². The Morgan fingerprint density at radius 2 is 2.06 bits per heavy atom. The molecule has 4 nitrogen and oxygen atoms in total. The minimum absolute atomic E-state index is 0.102. The van der Waals surface area contributed by atoms with Crippen LogP contribution < -0.4 is 10.6 Å². The van der Waals surface area contributed by atoms with Gasteiger partial charge in [0.05, 0.1) is 0 Å². The standard InChI is InChI=1S/C13H20FN3O/c1-10-8-12(14)5-4-11(10)9-15-6-7-16-13(18)17(2)3/h4-5,8,15H,6-7,9H2,1-3H3,(H,16,18). The molecule has 0 saturated heterocycles. The van der Waals surface area contributed by atoms with Crippen molar-refractivity contribution < 1.29 is 9.18 Å². The second-order valence-corrected chi connectivity index (χ2v) is 4.37. The number of hydrogen-bond acceptors (Lipinski definition) is 2. The van der Waals surface area contributed by atoms with Gasteiger partial charge in [0.2, 0.25) is 0 Å². The van der Waals surface area contributed by atoms with Crippen LogP contribution in [0.2, 0.25) is 0 Å². The molecule has 18 heavy (non-hydrogen) atoms. The topological polar surface area (TPSA) is 44.4 Å². The third kappa shape index (κ3) is 4.71. The molecule has 0 fully saturated rings. The predicted molar refractivity (Wildman–Crippen MR) is 69.9 cm³/mol.